The summed E-state index contributed by atoms with van der Waals surface area (Å²) in [4.78, 5) is 16.8. The third kappa shape index (κ3) is 6.49. The lowest BCUT2D eigenvalue weighted by Gasteiger charge is -2.10. The molecule has 1 amide bonds. The first-order chi connectivity index (χ1) is 14.7. The normalized spacial score (nSPS) is 11.0. The average molecular weight is 428 g/mol. The minimum atomic E-state index is -0.127. The number of para-hydroxylation sites is 2. The topological polar surface area (TPSA) is 56.2 Å². The zero-order chi connectivity index (χ0) is 21.2. The summed E-state index contributed by atoms with van der Waals surface area (Å²) < 4.78 is 7.82. The summed E-state index contributed by atoms with van der Waals surface area (Å²) in [5, 5.41) is 3.56. The van der Waals surface area contributed by atoms with Crippen LogP contribution in [0, 0.1) is 0 Å². The molecule has 0 fully saturated rings. The summed E-state index contributed by atoms with van der Waals surface area (Å²) in [6.45, 7) is 3.82. The Morgan fingerprint density at radius 2 is 1.87 bits per heavy atom. The van der Waals surface area contributed by atoms with Gasteiger partial charge in [-0.3, -0.25) is 4.79 Å². The van der Waals surface area contributed by atoms with Gasteiger partial charge >= 0.3 is 0 Å². The molecule has 0 unspecified atom stereocenters. The molecule has 30 heavy (non-hydrogen) atoms. The predicted octanol–water partition coefficient (Wildman–Crippen LogP) is 5.40. The van der Waals surface area contributed by atoms with Crippen LogP contribution in [0.5, 0.6) is 5.75 Å². The van der Waals surface area contributed by atoms with Crippen LogP contribution in [0.25, 0.3) is 11.0 Å². The summed E-state index contributed by atoms with van der Waals surface area (Å²) in [7, 11) is 0. The second-order valence-electron chi connectivity index (χ2n) is 7.43. The highest BCUT2D eigenvalue weighted by atomic mass is 35.5. The summed E-state index contributed by atoms with van der Waals surface area (Å²) in [5.41, 5.74) is 2.24. The summed E-state index contributed by atoms with van der Waals surface area (Å²) in [6.07, 6.45) is 6.59. The van der Waals surface area contributed by atoms with E-state index < -0.39 is 0 Å². The third-order valence-electron chi connectivity index (χ3n) is 5.05. The molecule has 0 aliphatic heterocycles. The molecule has 1 aromatic heterocycles. The van der Waals surface area contributed by atoms with Crippen molar-refractivity contribution < 1.29 is 9.53 Å². The van der Waals surface area contributed by atoms with Crippen molar-refractivity contribution in [1.29, 1.82) is 0 Å². The number of aryl methyl sites for hydroxylation is 2. The van der Waals surface area contributed by atoms with E-state index in [4.69, 9.17) is 21.3 Å². The lowest BCUT2D eigenvalue weighted by atomic mass is 10.2. The van der Waals surface area contributed by atoms with E-state index >= 15 is 0 Å². The maximum absolute atomic E-state index is 12.0. The van der Waals surface area contributed by atoms with E-state index in [0.717, 1.165) is 30.7 Å². The number of benzene rings is 2. The fourth-order valence-corrected chi connectivity index (χ4v) is 3.59. The van der Waals surface area contributed by atoms with Crippen LogP contribution in [0.1, 0.15) is 44.9 Å². The lowest BCUT2D eigenvalue weighted by molar-refractivity contribution is -0.123. The molecule has 0 saturated carbocycles. The van der Waals surface area contributed by atoms with E-state index in [-0.39, 0.29) is 12.5 Å². The van der Waals surface area contributed by atoms with Crippen molar-refractivity contribution in [2.45, 2.75) is 52.0 Å². The Bertz CT molecular complexity index is 937. The molecule has 5 nitrogen and oxygen atoms in total. The van der Waals surface area contributed by atoms with E-state index in [0.29, 0.717) is 17.3 Å². The first kappa shape index (κ1) is 22.2. The summed E-state index contributed by atoms with van der Waals surface area (Å²) in [5.74, 6) is 1.60. The largest absolute Gasteiger partial charge is 0.484 e. The molecular weight excluding hydrogens is 398 g/mol. The Morgan fingerprint density at radius 3 is 2.67 bits per heavy atom. The molecule has 0 bridgehead atoms. The smallest absolute Gasteiger partial charge is 0.257 e. The van der Waals surface area contributed by atoms with Crippen LogP contribution in [-0.2, 0) is 17.8 Å². The maximum Gasteiger partial charge on any atom is 0.257 e. The molecule has 160 valence electrons. The van der Waals surface area contributed by atoms with Gasteiger partial charge in [0.2, 0.25) is 0 Å². The molecule has 1 heterocycles. The number of rotatable bonds is 12. The Labute approximate surface area is 183 Å². The van der Waals surface area contributed by atoms with E-state index in [1.807, 2.05) is 6.07 Å². The van der Waals surface area contributed by atoms with Gasteiger partial charge in [0, 0.05) is 24.5 Å². The standard InChI is InChI=1S/C24H30ClN3O2/c1-2-3-4-7-17-28-22-10-6-5-9-21(22)27-23(28)11-8-16-26-24(29)18-30-20-14-12-19(25)13-15-20/h5-6,9-10,12-15H,2-4,7-8,11,16-18H2,1H3,(H,26,29). The lowest BCUT2D eigenvalue weighted by Crippen LogP contribution is -2.30. The van der Waals surface area contributed by atoms with Crippen molar-refractivity contribution in [2.75, 3.05) is 13.2 Å². The molecule has 0 aliphatic carbocycles. The number of nitrogens with one attached hydrogen (secondary N) is 1. The van der Waals surface area contributed by atoms with Gasteiger partial charge in [-0.05, 0) is 49.2 Å². The monoisotopic (exact) mass is 427 g/mol. The van der Waals surface area contributed by atoms with E-state index in [9.17, 15) is 4.79 Å². The fourth-order valence-electron chi connectivity index (χ4n) is 3.47. The van der Waals surface area contributed by atoms with Gasteiger partial charge in [-0.1, -0.05) is 49.9 Å². The van der Waals surface area contributed by atoms with E-state index in [2.05, 4.69) is 35.0 Å². The molecule has 0 radical (unpaired) electrons. The Hall–Kier alpha value is -2.53. The number of amides is 1. The van der Waals surface area contributed by atoms with Gasteiger partial charge in [-0.15, -0.1) is 0 Å². The number of hydrogen-bond donors (Lipinski definition) is 1. The van der Waals surface area contributed by atoms with Gasteiger partial charge in [0.25, 0.3) is 5.91 Å². The highest BCUT2D eigenvalue weighted by molar-refractivity contribution is 6.30. The van der Waals surface area contributed by atoms with Gasteiger partial charge in [0.15, 0.2) is 6.61 Å². The molecule has 3 aromatic rings. The molecular formula is C24H30ClN3O2. The number of carbonyl (C=O) groups is 1. The number of hydrogen-bond acceptors (Lipinski definition) is 3. The number of aromatic nitrogens is 2. The van der Waals surface area contributed by atoms with Crippen molar-refractivity contribution in [2.24, 2.45) is 0 Å². The third-order valence-corrected chi connectivity index (χ3v) is 5.30. The summed E-state index contributed by atoms with van der Waals surface area (Å²) >= 11 is 5.85. The Morgan fingerprint density at radius 1 is 1.07 bits per heavy atom. The highest BCUT2D eigenvalue weighted by Gasteiger charge is 2.10. The second kappa shape index (κ2) is 11.6. The van der Waals surface area contributed by atoms with Crippen LogP contribution in [-0.4, -0.2) is 28.6 Å². The Balaban J connectivity index is 1.46. The van der Waals surface area contributed by atoms with Crippen molar-refractivity contribution in [3.63, 3.8) is 0 Å². The zero-order valence-electron chi connectivity index (χ0n) is 17.6. The van der Waals surface area contributed by atoms with Crippen molar-refractivity contribution in [3.05, 3.63) is 59.4 Å². The van der Waals surface area contributed by atoms with Gasteiger partial charge < -0.3 is 14.6 Å². The number of unbranched alkanes of at least 4 members (excludes halogenated alkanes) is 3. The number of fused-ring (bicyclic) bond motifs is 1. The maximum atomic E-state index is 12.0. The van der Waals surface area contributed by atoms with Gasteiger partial charge in [-0.25, -0.2) is 4.98 Å². The molecule has 1 N–H and O–H groups in total. The first-order valence-electron chi connectivity index (χ1n) is 10.8. The minimum Gasteiger partial charge on any atom is -0.484 e. The molecule has 3 rings (SSSR count). The van der Waals surface area contributed by atoms with Crippen molar-refractivity contribution in [3.8, 4) is 5.75 Å². The van der Waals surface area contributed by atoms with Crippen LogP contribution < -0.4 is 10.1 Å². The van der Waals surface area contributed by atoms with Crippen molar-refractivity contribution in [1.82, 2.24) is 14.9 Å². The van der Waals surface area contributed by atoms with Crippen LogP contribution >= 0.6 is 11.6 Å². The van der Waals surface area contributed by atoms with Crippen LogP contribution in [0.15, 0.2) is 48.5 Å². The van der Waals surface area contributed by atoms with Crippen LogP contribution in [0.3, 0.4) is 0 Å². The van der Waals surface area contributed by atoms with Crippen LogP contribution in [0.4, 0.5) is 0 Å². The number of carbonyl (C=O) groups excluding carboxylic acids is 1. The number of halogens is 1. The number of ether oxygens (including phenoxy) is 1. The molecule has 0 aliphatic rings. The molecule has 2 aromatic carbocycles. The van der Waals surface area contributed by atoms with Gasteiger partial charge in [0.1, 0.15) is 11.6 Å². The molecule has 0 spiro atoms. The second-order valence-corrected chi connectivity index (χ2v) is 7.86. The van der Waals surface area contributed by atoms with Gasteiger partial charge in [-0.2, -0.15) is 0 Å². The number of nitrogens with zero attached hydrogens (tertiary/aromatic N) is 2. The van der Waals surface area contributed by atoms with E-state index in [1.54, 1.807) is 24.3 Å². The van der Waals surface area contributed by atoms with Crippen molar-refractivity contribution >= 4 is 28.5 Å². The quantitative estimate of drug-likeness (QED) is 0.394. The first-order valence-corrected chi connectivity index (χ1v) is 11.1. The molecule has 6 heteroatoms. The van der Waals surface area contributed by atoms with E-state index in [1.165, 1.54) is 31.2 Å². The molecule has 0 saturated heterocycles. The Kier molecular flexibility index (Phi) is 8.57. The predicted molar refractivity (Wildman–Crippen MR) is 122 cm³/mol. The zero-order valence-corrected chi connectivity index (χ0v) is 18.3. The fraction of sp³-hybridized carbons (Fsp3) is 0.417. The average Bonchev–Trinajstić information content (AvgIpc) is 3.11. The van der Waals surface area contributed by atoms with Gasteiger partial charge in [0.05, 0.1) is 11.0 Å². The van der Waals surface area contributed by atoms with Crippen LogP contribution in [0.2, 0.25) is 5.02 Å². The SMILES string of the molecule is CCCCCCn1c(CCCNC(=O)COc2ccc(Cl)cc2)nc2ccccc21. The minimum absolute atomic E-state index is 0.00241. The molecule has 0 atom stereocenters. The number of imidazole rings is 1. The highest BCUT2D eigenvalue weighted by Crippen LogP contribution is 2.18. The summed E-state index contributed by atoms with van der Waals surface area (Å²) in [6, 6.07) is 15.3.